The Balaban J connectivity index is 1.89. The molecule has 0 N–H and O–H groups in total. The lowest BCUT2D eigenvalue weighted by atomic mass is 9.92. The van der Waals surface area contributed by atoms with Gasteiger partial charge in [-0.25, -0.2) is 4.79 Å². The maximum atomic E-state index is 12.7. The van der Waals surface area contributed by atoms with E-state index in [9.17, 15) is 14.4 Å². The zero-order chi connectivity index (χ0) is 17.3. The van der Waals surface area contributed by atoms with Crippen LogP contribution in [-0.2, 0) is 4.74 Å². The SMILES string of the molecule is CCOC(=O)N1C=CN(C2=C(Cl)C(=O)c3ccccc3C2=O)CC1. The van der Waals surface area contributed by atoms with Crippen LogP contribution >= 0.6 is 11.6 Å². The standard InChI is InChI=1S/C17H15ClN2O4/c1-2-24-17(23)20-9-7-19(8-10-20)14-13(18)15(21)11-5-3-4-6-12(11)16(14)22/h3-7,9H,2,8,10H2,1H3. The summed E-state index contributed by atoms with van der Waals surface area (Å²) in [4.78, 5) is 39.8. The average Bonchev–Trinajstić information content (AvgIpc) is 2.61. The first-order chi connectivity index (χ1) is 11.5. The van der Waals surface area contributed by atoms with Crippen molar-refractivity contribution in [2.75, 3.05) is 19.7 Å². The smallest absolute Gasteiger partial charge is 0.413 e. The Hall–Kier alpha value is -2.60. The van der Waals surface area contributed by atoms with Gasteiger partial charge in [0.1, 0.15) is 10.7 Å². The van der Waals surface area contributed by atoms with Crippen molar-refractivity contribution in [2.45, 2.75) is 6.92 Å². The summed E-state index contributed by atoms with van der Waals surface area (Å²) in [7, 11) is 0. The minimum Gasteiger partial charge on any atom is -0.449 e. The molecule has 1 aromatic carbocycles. The molecule has 1 aliphatic heterocycles. The molecule has 7 heteroatoms. The Kier molecular flexibility index (Phi) is 4.40. The van der Waals surface area contributed by atoms with Gasteiger partial charge in [0.05, 0.1) is 6.61 Å². The van der Waals surface area contributed by atoms with Crippen LogP contribution in [-0.4, -0.2) is 47.2 Å². The highest BCUT2D eigenvalue weighted by Gasteiger charge is 2.34. The third kappa shape index (κ3) is 2.69. The molecular weight excluding hydrogens is 332 g/mol. The molecule has 0 aromatic heterocycles. The summed E-state index contributed by atoms with van der Waals surface area (Å²) >= 11 is 6.17. The fourth-order valence-corrected chi connectivity index (χ4v) is 2.96. The number of ether oxygens (including phenoxy) is 1. The summed E-state index contributed by atoms with van der Waals surface area (Å²) in [5.41, 5.74) is 0.786. The van der Waals surface area contributed by atoms with E-state index in [1.807, 2.05) is 0 Å². The second-order valence-corrected chi connectivity index (χ2v) is 5.63. The van der Waals surface area contributed by atoms with Gasteiger partial charge in [-0.3, -0.25) is 14.5 Å². The van der Waals surface area contributed by atoms with E-state index in [1.165, 1.54) is 11.1 Å². The molecule has 0 bridgehead atoms. The topological polar surface area (TPSA) is 66.9 Å². The Bertz CT molecular complexity index is 785. The number of amides is 1. The highest BCUT2D eigenvalue weighted by Crippen LogP contribution is 2.31. The van der Waals surface area contributed by atoms with Gasteiger partial charge in [0.15, 0.2) is 0 Å². The van der Waals surface area contributed by atoms with E-state index >= 15 is 0 Å². The van der Waals surface area contributed by atoms with Crippen LogP contribution < -0.4 is 0 Å². The van der Waals surface area contributed by atoms with Crippen LogP contribution in [0.3, 0.4) is 0 Å². The van der Waals surface area contributed by atoms with Crippen molar-refractivity contribution in [2.24, 2.45) is 0 Å². The lowest BCUT2D eigenvalue weighted by Gasteiger charge is -2.32. The van der Waals surface area contributed by atoms with E-state index in [1.54, 1.807) is 42.3 Å². The zero-order valence-corrected chi connectivity index (χ0v) is 13.7. The van der Waals surface area contributed by atoms with Crippen LogP contribution in [0, 0.1) is 0 Å². The molecule has 0 saturated heterocycles. The molecule has 3 rings (SSSR count). The lowest BCUT2D eigenvalue weighted by molar-refractivity contribution is 0.0947. The first-order valence-electron chi connectivity index (χ1n) is 7.51. The van der Waals surface area contributed by atoms with Crippen molar-refractivity contribution < 1.29 is 19.1 Å². The summed E-state index contributed by atoms with van der Waals surface area (Å²) in [5.74, 6) is -0.674. The van der Waals surface area contributed by atoms with Crippen LogP contribution in [0.15, 0.2) is 47.4 Å². The third-order valence-corrected chi connectivity index (χ3v) is 4.19. The molecular formula is C17H15ClN2O4. The largest absolute Gasteiger partial charge is 0.449 e. The molecule has 1 aromatic rings. The van der Waals surface area contributed by atoms with E-state index in [4.69, 9.17) is 16.3 Å². The van der Waals surface area contributed by atoms with Crippen LogP contribution in [0.2, 0.25) is 0 Å². The summed E-state index contributed by atoms with van der Waals surface area (Å²) in [6.45, 7) is 2.67. The first-order valence-corrected chi connectivity index (χ1v) is 7.89. The molecule has 24 heavy (non-hydrogen) atoms. The number of benzene rings is 1. The molecule has 0 radical (unpaired) electrons. The van der Waals surface area contributed by atoms with Crippen LogP contribution in [0.25, 0.3) is 0 Å². The minimum absolute atomic E-state index is 0.104. The predicted octanol–water partition coefficient (Wildman–Crippen LogP) is 2.76. The normalized spacial score (nSPS) is 17.2. The van der Waals surface area contributed by atoms with Crippen molar-refractivity contribution in [1.29, 1.82) is 0 Å². The van der Waals surface area contributed by atoms with E-state index < -0.39 is 6.09 Å². The number of carbonyl (C=O) groups is 3. The van der Waals surface area contributed by atoms with Gasteiger partial charge in [-0.15, -0.1) is 0 Å². The zero-order valence-electron chi connectivity index (χ0n) is 13.0. The van der Waals surface area contributed by atoms with E-state index in [0.717, 1.165) is 0 Å². The fourth-order valence-electron chi connectivity index (χ4n) is 2.66. The van der Waals surface area contributed by atoms with Gasteiger partial charge in [-0.05, 0) is 6.92 Å². The van der Waals surface area contributed by atoms with Crippen LogP contribution in [0.4, 0.5) is 4.79 Å². The van der Waals surface area contributed by atoms with Gasteiger partial charge in [0.2, 0.25) is 11.6 Å². The first kappa shape index (κ1) is 16.3. The molecule has 1 amide bonds. The average molecular weight is 347 g/mol. The second kappa shape index (κ2) is 6.49. The summed E-state index contributed by atoms with van der Waals surface area (Å²) < 4.78 is 4.93. The Labute approximate surface area is 143 Å². The molecule has 0 unspecified atom stereocenters. The number of hydrogen-bond donors (Lipinski definition) is 0. The number of ketones is 2. The molecule has 0 saturated carbocycles. The predicted molar refractivity (Wildman–Crippen MR) is 87.6 cm³/mol. The van der Waals surface area contributed by atoms with E-state index in [-0.39, 0.29) is 28.9 Å². The maximum Gasteiger partial charge on any atom is 0.413 e. The minimum atomic E-state index is -0.454. The van der Waals surface area contributed by atoms with Crippen LogP contribution in [0.1, 0.15) is 27.6 Å². The molecule has 0 spiro atoms. The number of fused-ring (bicyclic) bond motifs is 1. The molecule has 0 fully saturated rings. The molecule has 2 aliphatic rings. The Morgan fingerprint density at radius 3 is 2.38 bits per heavy atom. The van der Waals surface area contributed by atoms with Gasteiger partial charge in [0.25, 0.3) is 0 Å². The van der Waals surface area contributed by atoms with E-state index in [2.05, 4.69) is 0 Å². The number of Topliss-reactive ketones (excluding diaryl/α,β-unsaturated/α-hetero) is 2. The number of hydrogen-bond acceptors (Lipinski definition) is 5. The van der Waals surface area contributed by atoms with Gasteiger partial charge in [-0.2, -0.15) is 0 Å². The number of allylic oxidation sites excluding steroid dienone is 2. The summed E-state index contributed by atoms with van der Waals surface area (Å²) in [6, 6.07) is 6.59. The van der Waals surface area contributed by atoms with Gasteiger partial charge in [0, 0.05) is 36.6 Å². The van der Waals surface area contributed by atoms with Crippen molar-refractivity contribution in [3.8, 4) is 0 Å². The second-order valence-electron chi connectivity index (χ2n) is 5.25. The highest BCUT2D eigenvalue weighted by molar-refractivity contribution is 6.49. The van der Waals surface area contributed by atoms with Crippen LogP contribution in [0.5, 0.6) is 0 Å². The van der Waals surface area contributed by atoms with Gasteiger partial charge >= 0.3 is 6.09 Å². The monoisotopic (exact) mass is 346 g/mol. The number of halogens is 1. The number of nitrogens with zero attached hydrogens (tertiary/aromatic N) is 2. The quantitative estimate of drug-likeness (QED) is 0.823. The summed E-state index contributed by atoms with van der Waals surface area (Å²) in [6.07, 6.45) is 2.61. The maximum absolute atomic E-state index is 12.7. The summed E-state index contributed by atoms with van der Waals surface area (Å²) in [5, 5.41) is -0.104. The molecule has 0 atom stereocenters. The number of rotatable bonds is 2. The molecule has 6 nitrogen and oxygen atoms in total. The molecule has 124 valence electrons. The molecule has 1 heterocycles. The fraction of sp³-hybridized carbons (Fsp3) is 0.235. The molecule has 1 aliphatic carbocycles. The van der Waals surface area contributed by atoms with Crippen molar-refractivity contribution in [3.63, 3.8) is 0 Å². The highest BCUT2D eigenvalue weighted by atomic mass is 35.5. The van der Waals surface area contributed by atoms with Crippen molar-refractivity contribution in [1.82, 2.24) is 9.80 Å². The van der Waals surface area contributed by atoms with Gasteiger partial charge < -0.3 is 9.64 Å². The number of carbonyl (C=O) groups excluding carboxylic acids is 3. The van der Waals surface area contributed by atoms with Crippen molar-refractivity contribution in [3.05, 3.63) is 58.5 Å². The van der Waals surface area contributed by atoms with Crippen molar-refractivity contribution >= 4 is 29.3 Å². The lowest BCUT2D eigenvalue weighted by Crippen LogP contribution is -2.40. The van der Waals surface area contributed by atoms with Gasteiger partial charge in [-0.1, -0.05) is 35.9 Å². The Morgan fingerprint density at radius 2 is 1.79 bits per heavy atom. The van der Waals surface area contributed by atoms with E-state index in [0.29, 0.717) is 24.2 Å². The third-order valence-electron chi connectivity index (χ3n) is 3.84. The Morgan fingerprint density at radius 1 is 1.12 bits per heavy atom.